The van der Waals surface area contributed by atoms with E-state index in [9.17, 15) is 4.79 Å². The number of aromatic nitrogens is 2. The number of aryl methyl sites for hydroxylation is 2. The van der Waals surface area contributed by atoms with E-state index in [1.807, 2.05) is 0 Å². The molecule has 0 saturated heterocycles. The number of hydrogen-bond acceptors (Lipinski definition) is 5. The summed E-state index contributed by atoms with van der Waals surface area (Å²) in [7, 11) is 0. The van der Waals surface area contributed by atoms with Crippen LogP contribution in [0.1, 0.15) is 22.1 Å². The number of nitrogens with one attached hydrogen (secondary N) is 2. The molecule has 2 heterocycles. The first kappa shape index (κ1) is 12.6. The number of carbonyl (C=O) groups is 1. The predicted molar refractivity (Wildman–Crippen MR) is 75.3 cm³/mol. The van der Waals surface area contributed by atoms with Gasteiger partial charge in [-0.05, 0) is 31.3 Å². The Bertz CT molecular complexity index is 859. The molecule has 1 aromatic carbocycles. The maximum atomic E-state index is 12.1. The minimum absolute atomic E-state index is 0.206. The van der Waals surface area contributed by atoms with Crippen LogP contribution < -0.4 is 5.32 Å². The van der Waals surface area contributed by atoms with E-state index in [1.165, 1.54) is 0 Å². The second-order valence-electron chi connectivity index (χ2n) is 4.33. The summed E-state index contributed by atoms with van der Waals surface area (Å²) in [5, 5.41) is 2.73. The van der Waals surface area contributed by atoms with Gasteiger partial charge in [0.15, 0.2) is 11.5 Å². The Morgan fingerprint density at radius 1 is 1.35 bits per heavy atom. The SMILES string of the molecule is Cc1nc(C)c(C(=O)Nc2ccc3[nH]c(=S)oc3c2)o1. The van der Waals surface area contributed by atoms with Gasteiger partial charge in [-0.1, -0.05) is 0 Å². The smallest absolute Gasteiger partial charge is 0.293 e. The molecule has 2 N–H and O–H groups in total. The van der Waals surface area contributed by atoms with E-state index in [2.05, 4.69) is 15.3 Å². The third kappa shape index (κ3) is 2.23. The molecule has 0 aliphatic heterocycles. The monoisotopic (exact) mass is 289 g/mol. The standard InChI is InChI=1S/C13H11N3O3S/c1-6-11(18-7(2)14-6)12(17)15-8-3-4-9-10(5-8)19-13(20)16-9/h3-5H,1-2H3,(H,15,17)(H,16,20). The van der Waals surface area contributed by atoms with Crippen LogP contribution in [0.5, 0.6) is 0 Å². The molecule has 2 aromatic heterocycles. The highest BCUT2D eigenvalue weighted by Gasteiger charge is 2.16. The fraction of sp³-hybridized carbons (Fsp3) is 0.154. The van der Waals surface area contributed by atoms with E-state index < -0.39 is 0 Å². The summed E-state index contributed by atoms with van der Waals surface area (Å²) in [5.74, 6) is 0.314. The Morgan fingerprint density at radius 2 is 2.15 bits per heavy atom. The highest BCUT2D eigenvalue weighted by molar-refractivity contribution is 7.71. The molecule has 6 nitrogen and oxygen atoms in total. The molecular weight excluding hydrogens is 278 g/mol. The van der Waals surface area contributed by atoms with E-state index in [4.69, 9.17) is 21.1 Å². The van der Waals surface area contributed by atoms with Crippen molar-refractivity contribution in [2.45, 2.75) is 13.8 Å². The van der Waals surface area contributed by atoms with E-state index in [0.29, 0.717) is 27.7 Å². The molecule has 0 aliphatic carbocycles. The highest BCUT2D eigenvalue weighted by Crippen LogP contribution is 2.20. The fourth-order valence-corrected chi connectivity index (χ4v) is 2.15. The van der Waals surface area contributed by atoms with Gasteiger partial charge in [0.25, 0.3) is 10.7 Å². The van der Waals surface area contributed by atoms with Gasteiger partial charge >= 0.3 is 0 Å². The Kier molecular flexibility index (Phi) is 2.90. The zero-order valence-electron chi connectivity index (χ0n) is 10.8. The summed E-state index contributed by atoms with van der Waals surface area (Å²) in [6.07, 6.45) is 0. The average molecular weight is 289 g/mol. The lowest BCUT2D eigenvalue weighted by Crippen LogP contribution is -2.12. The lowest BCUT2D eigenvalue weighted by molar-refractivity contribution is 0.0994. The van der Waals surface area contributed by atoms with Gasteiger partial charge in [0.2, 0.25) is 5.76 Å². The van der Waals surface area contributed by atoms with Crippen LogP contribution in [0.4, 0.5) is 5.69 Å². The Balaban J connectivity index is 1.90. The number of amides is 1. The first-order chi connectivity index (χ1) is 9.52. The summed E-state index contributed by atoms with van der Waals surface area (Å²) in [4.78, 5) is 19.3. The minimum atomic E-state index is -0.350. The van der Waals surface area contributed by atoms with Crippen LogP contribution >= 0.6 is 12.2 Å². The quantitative estimate of drug-likeness (QED) is 0.707. The lowest BCUT2D eigenvalue weighted by Gasteiger charge is -2.02. The van der Waals surface area contributed by atoms with Gasteiger partial charge in [0, 0.05) is 18.7 Å². The van der Waals surface area contributed by atoms with Gasteiger partial charge in [-0.15, -0.1) is 0 Å². The molecular formula is C13H11N3O3S. The van der Waals surface area contributed by atoms with E-state index in [1.54, 1.807) is 32.0 Å². The van der Waals surface area contributed by atoms with Gasteiger partial charge in [-0.3, -0.25) is 4.79 Å². The number of rotatable bonds is 2. The number of fused-ring (bicyclic) bond motifs is 1. The minimum Gasteiger partial charge on any atom is -0.436 e. The van der Waals surface area contributed by atoms with Crippen LogP contribution in [0, 0.1) is 18.7 Å². The molecule has 0 unspecified atom stereocenters. The number of aromatic amines is 1. The first-order valence-electron chi connectivity index (χ1n) is 5.91. The van der Waals surface area contributed by atoms with Crippen molar-refractivity contribution >= 4 is 34.9 Å². The van der Waals surface area contributed by atoms with Crippen LogP contribution in [0.2, 0.25) is 0 Å². The van der Waals surface area contributed by atoms with E-state index in [-0.39, 0.29) is 11.7 Å². The van der Waals surface area contributed by atoms with Crippen molar-refractivity contribution in [3.8, 4) is 0 Å². The topological polar surface area (TPSA) is 84.1 Å². The summed E-state index contributed by atoms with van der Waals surface area (Å²) in [6.45, 7) is 3.42. The number of H-pyrrole nitrogens is 1. The van der Waals surface area contributed by atoms with Crippen LogP contribution in [0.15, 0.2) is 27.0 Å². The molecule has 0 spiro atoms. The third-order valence-corrected chi connectivity index (χ3v) is 2.97. The number of hydrogen-bond donors (Lipinski definition) is 2. The molecule has 3 aromatic rings. The van der Waals surface area contributed by atoms with Gasteiger partial charge in [-0.25, -0.2) is 4.98 Å². The van der Waals surface area contributed by atoms with Crippen molar-refractivity contribution in [2.75, 3.05) is 5.32 Å². The number of nitrogens with zero attached hydrogens (tertiary/aromatic N) is 1. The Labute approximate surface area is 118 Å². The molecule has 1 amide bonds. The van der Waals surface area contributed by atoms with Gasteiger partial charge in [0.05, 0.1) is 11.2 Å². The maximum Gasteiger partial charge on any atom is 0.293 e. The van der Waals surface area contributed by atoms with Gasteiger partial charge < -0.3 is 19.1 Å². The molecule has 0 aliphatic rings. The van der Waals surface area contributed by atoms with Crippen LogP contribution in [0.25, 0.3) is 11.1 Å². The molecule has 20 heavy (non-hydrogen) atoms. The zero-order valence-corrected chi connectivity index (χ0v) is 11.6. The first-order valence-corrected chi connectivity index (χ1v) is 6.32. The van der Waals surface area contributed by atoms with E-state index >= 15 is 0 Å². The number of carbonyl (C=O) groups excluding carboxylic acids is 1. The number of anilines is 1. The predicted octanol–water partition coefficient (Wildman–Crippen LogP) is 3.35. The van der Waals surface area contributed by atoms with Crippen molar-refractivity contribution < 1.29 is 13.6 Å². The summed E-state index contributed by atoms with van der Waals surface area (Å²) in [6, 6.07) is 5.22. The highest BCUT2D eigenvalue weighted by atomic mass is 32.1. The molecule has 102 valence electrons. The van der Waals surface area contributed by atoms with E-state index in [0.717, 1.165) is 5.52 Å². The molecule has 0 radical (unpaired) electrons. The Hall–Kier alpha value is -2.41. The average Bonchev–Trinajstić information content (AvgIpc) is 2.90. The van der Waals surface area contributed by atoms with Crippen molar-refractivity contribution in [3.63, 3.8) is 0 Å². The van der Waals surface area contributed by atoms with Crippen molar-refractivity contribution in [3.05, 3.63) is 40.4 Å². The normalized spacial score (nSPS) is 10.9. The molecule has 0 bridgehead atoms. The summed E-state index contributed by atoms with van der Waals surface area (Å²) < 4.78 is 10.6. The van der Waals surface area contributed by atoms with Gasteiger partial charge in [-0.2, -0.15) is 0 Å². The van der Waals surface area contributed by atoms with Crippen molar-refractivity contribution in [1.82, 2.24) is 9.97 Å². The molecule has 0 atom stereocenters. The fourth-order valence-electron chi connectivity index (χ4n) is 1.95. The van der Waals surface area contributed by atoms with Crippen LogP contribution in [-0.4, -0.2) is 15.9 Å². The third-order valence-electron chi connectivity index (χ3n) is 2.79. The number of oxazole rings is 2. The zero-order chi connectivity index (χ0) is 14.3. The van der Waals surface area contributed by atoms with Crippen LogP contribution in [0.3, 0.4) is 0 Å². The largest absolute Gasteiger partial charge is 0.436 e. The second kappa shape index (κ2) is 4.61. The van der Waals surface area contributed by atoms with Crippen LogP contribution in [-0.2, 0) is 0 Å². The number of benzene rings is 1. The summed E-state index contributed by atoms with van der Waals surface area (Å²) >= 11 is 4.91. The maximum absolute atomic E-state index is 12.1. The Morgan fingerprint density at radius 3 is 2.85 bits per heavy atom. The lowest BCUT2D eigenvalue weighted by atomic mass is 10.2. The second-order valence-corrected chi connectivity index (χ2v) is 4.70. The molecule has 3 rings (SSSR count). The van der Waals surface area contributed by atoms with Crippen molar-refractivity contribution in [1.29, 1.82) is 0 Å². The summed E-state index contributed by atoms with van der Waals surface area (Å²) in [5.41, 5.74) is 2.51. The van der Waals surface area contributed by atoms with Gasteiger partial charge in [0.1, 0.15) is 0 Å². The van der Waals surface area contributed by atoms with Crippen molar-refractivity contribution in [2.24, 2.45) is 0 Å². The molecule has 0 fully saturated rings. The molecule has 0 saturated carbocycles. The molecule has 7 heteroatoms.